The second-order valence-electron chi connectivity index (χ2n) is 11.5. The summed E-state index contributed by atoms with van der Waals surface area (Å²) < 4.78 is 26.6. The van der Waals surface area contributed by atoms with E-state index in [0.29, 0.717) is 0 Å². The van der Waals surface area contributed by atoms with E-state index in [1.807, 2.05) is 86.8 Å². The lowest BCUT2D eigenvalue weighted by Gasteiger charge is -2.50. The van der Waals surface area contributed by atoms with E-state index in [-0.39, 0.29) is 6.61 Å². The van der Waals surface area contributed by atoms with Gasteiger partial charge in [0.1, 0.15) is 6.10 Å². The van der Waals surface area contributed by atoms with Crippen LogP contribution in [-0.4, -0.2) is 78.0 Å². The van der Waals surface area contributed by atoms with Gasteiger partial charge in [-0.25, -0.2) is 0 Å². The van der Waals surface area contributed by atoms with E-state index in [1.165, 1.54) is 0 Å². The van der Waals surface area contributed by atoms with Crippen LogP contribution >= 0.6 is 34.8 Å². The quantitative estimate of drug-likeness (QED) is 0.131. The van der Waals surface area contributed by atoms with Gasteiger partial charge < -0.3 is 28.5 Å². The van der Waals surface area contributed by atoms with Gasteiger partial charge in [0.15, 0.2) is 12.2 Å². The highest BCUT2D eigenvalue weighted by Crippen LogP contribution is 2.39. The van der Waals surface area contributed by atoms with Crippen LogP contribution in [0.3, 0.4) is 0 Å². The molecule has 0 saturated carbocycles. The zero-order valence-corrected chi connectivity index (χ0v) is 28.8. The van der Waals surface area contributed by atoms with Crippen molar-refractivity contribution in [1.82, 2.24) is 5.32 Å². The summed E-state index contributed by atoms with van der Waals surface area (Å²) in [5.74, 6) is -6.98. The molecule has 0 aromatic heterocycles. The van der Waals surface area contributed by atoms with Crippen molar-refractivity contribution < 1.29 is 47.7 Å². The number of carbonyl (C=O) groups excluding carboxylic acids is 4. The molecule has 1 saturated heterocycles. The lowest BCUT2D eigenvalue weighted by atomic mass is 9.95. The molecule has 1 heterocycles. The van der Waals surface area contributed by atoms with Crippen molar-refractivity contribution in [1.29, 1.82) is 0 Å². The Kier molecular flexibility index (Phi) is 11.7. The van der Waals surface area contributed by atoms with Gasteiger partial charge in [-0.1, -0.05) is 116 Å². The van der Waals surface area contributed by atoms with Gasteiger partial charge in [-0.05, 0) is 15.4 Å². The Bertz CT molecular complexity index is 1330. The third kappa shape index (κ3) is 8.56. The van der Waals surface area contributed by atoms with Gasteiger partial charge in [0.25, 0.3) is 23.9 Å². The summed E-state index contributed by atoms with van der Waals surface area (Å²) in [5, 5.41) is 15.1. The molecule has 1 amide bonds. The van der Waals surface area contributed by atoms with Crippen molar-refractivity contribution in [2.45, 2.75) is 80.7 Å². The third-order valence-electron chi connectivity index (χ3n) is 7.03. The minimum Gasteiger partial charge on any atom is -0.456 e. The van der Waals surface area contributed by atoms with Crippen LogP contribution in [-0.2, 0) is 42.6 Å². The molecule has 0 radical (unpaired) electrons. The topological polar surface area (TPSA) is 147 Å². The molecular formula is C30H36Cl3NO10Si. The summed E-state index contributed by atoms with van der Waals surface area (Å²) in [4.78, 5) is 49.6. The normalized spacial score (nSPS) is 23.9. The Balaban J connectivity index is 2.21. The zero-order chi connectivity index (χ0) is 33.8. The molecule has 2 aromatic rings. The van der Waals surface area contributed by atoms with E-state index in [0.717, 1.165) is 31.1 Å². The molecule has 2 N–H and O–H groups in total. The monoisotopic (exact) mass is 703 g/mol. The smallest absolute Gasteiger partial charge is 0.303 e. The lowest BCUT2D eigenvalue weighted by Crippen LogP contribution is -2.75. The molecule has 45 heavy (non-hydrogen) atoms. The van der Waals surface area contributed by atoms with Crippen molar-refractivity contribution in [3.8, 4) is 0 Å². The fourth-order valence-electron chi connectivity index (χ4n) is 5.38. The summed E-state index contributed by atoms with van der Waals surface area (Å²) >= 11 is 17.3. The number of aliphatic hydroxyl groups is 1. The Morgan fingerprint density at radius 2 is 1.27 bits per heavy atom. The molecule has 1 aliphatic heterocycles. The molecule has 3 rings (SSSR count). The average Bonchev–Trinajstić information content (AvgIpc) is 2.92. The maximum Gasteiger partial charge on any atom is 0.303 e. The third-order valence-corrected chi connectivity index (χ3v) is 12.6. The molecule has 1 fully saturated rings. The number of ether oxygens (including phenoxy) is 4. The second kappa shape index (κ2) is 14.4. The van der Waals surface area contributed by atoms with Crippen molar-refractivity contribution in [2.24, 2.45) is 0 Å². The maximum atomic E-state index is 12.8. The van der Waals surface area contributed by atoms with Crippen molar-refractivity contribution >= 4 is 77.3 Å². The van der Waals surface area contributed by atoms with E-state index < -0.39 is 71.3 Å². The van der Waals surface area contributed by atoms with Gasteiger partial charge in [-0.3, -0.25) is 24.5 Å². The number of esters is 3. The number of halogens is 3. The van der Waals surface area contributed by atoms with E-state index in [9.17, 15) is 24.3 Å². The summed E-state index contributed by atoms with van der Waals surface area (Å²) in [7, 11) is -3.25. The second-order valence-corrected chi connectivity index (χ2v) is 18.0. The van der Waals surface area contributed by atoms with Gasteiger partial charge in [0.05, 0.1) is 6.61 Å². The zero-order valence-electron chi connectivity index (χ0n) is 25.5. The van der Waals surface area contributed by atoms with Crippen LogP contribution in [0.4, 0.5) is 0 Å². The van der Waals surface area contributed by atoms with E-state index >= 15 is 0 Å². The van der Waals surface area contributed by atoms with Gasteiger partial charge in [0, 0.05) is 20.8 Å². The summed E-state index contributed by atoms with van der Waals surface area (Å²) in [6.07, 6.45) is -6.63. The molecule has 1 unspecified atom stereocenters. The molecular weight excluding hydrogens is 669 g/mol. The first kappa shape index (κ1) is 36.8. The number of alkyl halides is 3. The SMILES string of the molecule is CC(=O)O[C@@H]1[C@H](OC(C)=O)[C@@H](OC(C)=O)C(O)(NC(=O)C(Cl)(Cl)Cl)O[C@@H]1CO[Si](c1ccccc1)(c1ccccc1)C(C)(C)C. The molecule has 0 aliphatic carbocycles. The van der Waals surface area contributed by atoms with Crippen LogP contribution in [0.1, 0.15) is 41.5 Å². The predicted molar refractivity (Wildman–Crippen MR) is 168 cm³/mol. The van der Waals surface area contributed by atoms with E-state index in [2.05, 4.69) is 0 Å². The molecule has 5 atom stereocenters. The van der Waals surface area contributed by atoms with Gasteiger partial charge in [-0.15, -0.1) is 0 Å². The highest BCUT2D eigenvalue weighted by molar-refractivity contribution is 6.99. The van der Waals surface area contributed by atoms with Gasteiger partial charge in [0.2, 0.25) is 6.10 Å². The predicted octanol–water partition coefficient (Wildman–Crippen LogP) is 2.89. The molecule has 15 heteroatoms. The minimum absolute atomic E-state index is 0.373. The first-order chi connectivity index (χ1) is 20.8. The number of amides is 1. The molecule has 0 bridgehead atoms. The maximum absolute atomic E-state index is 12.8. The number of hydrogen-bond donors (Lipinski definition) is 2. The van der Waals surface area contributed by atoms with Crippen molar-refractivity contribution in [2.75, 3.05) is 6.61 Å². The fraction of sp³-hybridized carbons (Fsp3) is 0.467. The van der Waals surface area contributed by atoms with Crippen LogP contribution in [0.5, 0.6) is 0 Å². The molecule has 2 aromatic carbocycles. The Labute approximate surface area is 277 Å². The molecule has 11 nitrogen and oxygen atoms in total. The van der Waals surface area contributed by atoms with Crippen LogP contribution < -0.4 is 15.7 Å². The van der Waals surface area contributed by atoms with Gasteiger partial charge >= 0.3 is 17.9 Å². The van der Waals surface area contributed by atoms with Crippen LogP contribution in [0.25, 0.3) is 0 Å². The average molecular weight is 705 g/mol. The standard InChI is InChI=1S/C30H36Cl3NO10Si/c1-18(35)41-24-23(17-40-45(28(4,5)6,21-13-9-7-10-14-21)22-15-11-8-12-16-22)44-30(39,34-27(38)29(31,32)33)26(43-20(3)37)25(24)42-19(2)36/h7-16,23-26,39H,17H2,1-6H3,(H,34,38)/t23-,24+,25+,26-,30?/m1/s1. The Hall–Kier alpha value is -2.71. The first-order valence-corrected chi connectivity index (χ1v) is 16.9. The van der Waals surface area contributed by atoms with E-state index in [4.69, 9.17) is 58.2 Å². The van der Waals surface area contributed by atoms with Crippen LogP contribution in [0.2, 0.25) is 5.04 Å². The number of benzene rings is 2. The summed E-state index contributed by atoms with van der Waals surface area (Å²) in [6.45, 7) is 8.87. The highest BCUT2D eigenvalue weighted by atomic mass is 35.6. The largest absolute Gasteiger partial charge is 0.456 e. The Morgan fingerprint density at radius 1 is 0.822 bits per heavy atom. The minimum atomic E-state index is -3.25. The number of carbonyl (C=O) groups is 4. The van der Waals surface area contributed by atoms with Crippen molar-refractivity contribution in [3.05, 3.63) is 60.7 Å². The Morgan fingerprint density at radius 3 is 1.67 bits per heavy atom. The fourth-order valence-corrected chi connectivity index (χ4v) is 10.1. The van der Waals surface area contributed by atoms with E-state index in [1.54, 1.807) is 0 Å². The summed E-state index contributed by atoms with van der Waals surface area (Å²) in [6, 6.07) is 19.1. The molecule has 246 valence electrons. The lowest BCUT2D eigenvalue weighted by molar-refractivity contribution is -0.359. The number of nitrogens with one attached hydrogen (secondary N) is 1. The molecule has 1 aliphatic rings. The van der Waals surface area contributed by atoms with Crippen LogP contribution in [0.15, 0.2) is 60.7 Å². The highest BCUT2D eigenvalue weighted by Gasteiger charge is 2.62. The van der Waals surface area contributed by atoms with Crippen molar-refractivity contribution in [3.63, 3.8) is 0 Å². The number of rotatable bonds is 9. The summed E-state index contributed by atoms with van der Waals surface area (Å²) in [5.41, 5.74) is 0. The van der Waals surface area contributed by atoms with Crippen LogP contribution in [0, 0.1) is 0 Å². The number of hydrogen-bond acceptors (Lipinski definition) is 10. The van der Waals surface area contributed by atoms with Gasteiger partial charge in [-0.2, -0.15) is 0 Å². The first-order valence-electron chi connectivity index (χ1n) is 13.9. The molecule has 0 spiro atoms.